The van der Waals surface area contributed by atoms with E-state index in [4.69, 9.17) is 4.74 Å². The highest BCUT2D eigenvalue weighted by Gasteiger charge is 2.60. The molecular formula is C18H26O4. The van der Waals surface area contributed by atoms with Gasteiger partial charge in [0, 0.05) is 11.5 Å². The lowest BCUT2D eigenvalue weighted by Crippen LogP contribution is -2.56. The molecule has 3 aliphatic carbocycles. The van der Waals surface area contributed by atoms with Crippen molar-refractivity contribution in [1.82, 2.24) is 0 Å². The van der Waals surface area contributed by atoms with Crippen LogP contribution in [-0.4, -0.2) is 35.0 Å². The van der Waals surface area contributed by atoms with E-state index in [0.29, 0.717) is 24.4 Å². The van der Waals surface area contributed by atoms with E-state index in [-0.39, 0.29) is 22.9 Å². The van der Waals surface area contributed by atoms with E-state index in [1.54, 1.807) is 0 Å². The lowest BCUT2D eigenvalue weighted by molar-refractivity contribution is -0.152. The highest BCUT2D eigenvalue weighted by atomic mass is 16.5. The van der Waals surface area contributed by atoms with E-state index >= 15 is 0 Å². The molecule has 22 heavy (non-hydrogen) atoms. The highest BCUT2D eigenvalue weighted by Crippen LogP contribution is 2.64. The van der Waals surface area contributed by atoms with Gasteiger partial charge < -0.3 is 14.9 Å². The fraction of sp³-hybridized carbons (Fsp3) is 0.833. The number of aliphatic hydroxyl groups excluding tert-OH is 2. The van der Waals surface area contributed by atoms with Crippen LogP contribution in [0.4, 0.5) is 0 Å². The van der Waals surface area contributed by atoms with Gasteiger partial charge in [0.05, 0.1) is 12.2 Å². The Balaban J connectivity index is 1.73. The molecule has 4 aliphatic rings. The van der Waals surface area contributed by atoms with Gasteiger partial charge in [0.15, 0.2) is 0 Å². The van der Waals surface area contributed by atoms with Crippen LogP contribution in [0.2, 0.25) is 0 Å². The van der Waals surface area contributed by atoms with Gasteiger partial charge >= 0.3 is 5.97 Å². The second kappa shape index (κ2) is 4.57. The first-order chi connectivity index (χ1) is 10.4. The Morgan fingerprint density at radius 3 is 2.73 bits per heavy atom. The maximum atomic E-state index is 11.6. The second-order valence-corrected chi connectivity index (χ2v) is 8.39. The second-order valence-electron chi connectivity index (χ2n) is 8.39. The number of esters is 1. The molecule has 0 amide bonds. The minimum atomic E-state index is -0.542. The first-order valence-electron chi connectivity index (χ1n) is 8.61. The molecular weight excluding hydrogens is 280 g/mol. The van der Waals surface area contributed by atoms with Gasteiger partial charge in [0.25, 0.3) is 0 Å². The van der Waals surface area contributed by atoms with Crippen molar-refractivity contribution >= 4 is 5.97 Å². The van der Waals surface area contributed by atoms with E-state index in [1.807, 2.05) is 0 Å². The van der Waals surface area contributed by atoms with Crippen molar-refractivity contribution in [3.8, 4) is 0 Å². The van der Waals surface area contributed by atoms with Crippen molar-refractivity contribution in [2.45, 2.75) is 58.2 Å². The summed E-state index contributed by atoms with van der Waals surface area (Å²) in [4.78, 5) is 11.6. The molecule has 0 spiro atoms. The van der Waals surface area contributed by atoms with E-state index in [9.17, 15) is 15.0 Å². The zero-order chi connectivity index (χ0) is 15.7. The van der Waals surface area contributed by atoms with Crippen LogP contribution in [0.15, 0.2) is 11.6 Å². The van der Waals surface area contributed by atoms with Crippen molar-refractivity contribution < 1.29 is 19.7 Å². The lowest BCUT2D eigenvalue weighted by atomic mass is 9.48. The van der Waals surface area contributed by atoms with Crippen LogP contribution in [0.3, 0.4) is 0 Å². The monoisotopic (exact) mass is 306 g/mol. The number of rotatable bonds is 0. The van der Waals surface area contributed by atoms with E-state index < -0.39 is 6.10 Å². The summed E-state index contributed by atoms with van der Waals surface area (Å²) in [5.41, 5.74) is 0.654. The Morgan fingerprint density at radius 1 is 1.18 bits per heavy atom. The summed E-state index contributed by atoms with van der Waals surface area (Å²) in [7, 11) is 0. The Kier molecular flexibility index (Phi) is 3.06. The van der Waals surface area contributed by atoms with Crippen LogP contribution < -0.4 is 0 Å². The molecule has 0 bridgehead atoms. The molecule has 4 nitrogen and oxygen atoms in total. The SMILES string of the molecule is C[C@]12CC[C@H]3[C@@H](C[C@H](O)C4=CC(=O)OC[C@@]43C)[C@@H]1CC[C@@H]2O. The van der Waals surface area contributed by atoms with Crippen molar-refractivity contribution in [2.24, 2.45) is 28.6 Å². The van der Waals surface area contributed by atoms with Gasteiger partial charge in [0.2, 0.25) is 0 Å². The molecule has 4 rings (SSSR count). The zero-order valence-electron chi connectivity index (χ0n) is 13.4. The zero-order valence-corrected chi connectivity index (χ0v) is 13.4. The standard InChI is InChI=1S/C18H26O4/c1-17-6-5-12-10(11(17)3-4-15(17)20)7-14(19)13-8-16(21)22-9-18(12,13)2/h8,10-12,14-15,19-20H,3-7,9H2,1-2H3/t10-,11-,12-,14-,15-,17-,18+/m0/s1. The molecule has 0 saturated heterocycles. The van der Waals surface area contributed by atoms with Gasteiger partial charge in [0.1, 0.15) is 6.61 Å². The molecule has 1 heterocycles. The summed E-state index contributed by atoms with van der Waals surface area (Å²) in [5.74, 6) is 1.03. The van der Waals surface area contributed by atoms with E-state index in [1.165, 1.54) is 6.08 Å². The van der Waals surface area contributed by atoms with Gasteiger partial charge in [-0.05, 0) is 60.8 Å². The third-order valence-electron chi connectivity index (χ3n) is 7.51. The van der Waals surface area contributed by atoms with Gasteiger partial charge in [-0.15, -0.1) is 0 Å². The van der Waals surface area contributed by atoms with Gasteiger partial charge in [-0.1, -0.05) is 13.8 Å². The van der Waals surface area contributed by atoms with Gasteiger partial charge in [-0.2, -0.15) is 0 Å². The number of aliphatic hydroxyl groups is 2. The number of cyclic esters (lactones) is 1. The number of fused-ring (bicyclic) bond motifs is 5. The topological polar surface area (TPSA) is 66.8 Å². The molecule has 3 fully saturated rings. The predicted octanol–water partition coefficient (Wildman–Crippen LogP) is 2.04. The first-order valence-corrected chi connectivity index (χ1v) is 8.61. The maximum absolute atomic E-state index is 11.6. The first kappa shape index (κ1) is 14.7. The minimum absolute atomic E-state index is 0.00378. The summed E-state index contributed by atoms with van der Waals surface area (Å²) in [6.45, 7) is 4.77. The Morgan fingerprint density at radius 2 is 1.95 bits per heavy atom. The van der Waals surface area contributed by atoms with Gasteiger partial charge in [-0.3, -0.25) is 0 Å². The summed E-state index contributed by atoms with van der Waals surface area (Å²) < 4.78 is 5.33. The molecule has 0 radical (unpaired) electrons. The Bertz CT molecular complexity index is 541. The molecule has 1 aliphatic heterocycles. The quantitative estimate of drug-likeness (QED) is 0.672. The lowest BCUT2D eigenvalue weighted by Gasteiger charge is -2.58. The summed E-state index contributed by atoms with van der Waals surface area (Å²) in [6.07, 6.45) is 5.53. The molecule has 122 valence electrons. The van der Waals surface area contributed by atoms with Gasteiger partial charge in [-0.25, -0.2) is 4.79 Å². The minimum Gasteiger partial charge on any atom is -0.462 e. The molecule has 0 aromatic rings. The molecule has 7 atom stereocenters. The van der Waals surface area contributed by atoms with Crippen LogP contribution in [0, 0.1) is 28.6 Å². The van der Waals surface area contributed by atoms with Crippen molar-refractivity contribution in [2.75, 3.05) is 6.61 Å². The molecule has 0 aromatic carbocycles. The van der Waals surface area contributed by atoms with Crippen molar-refractivity contribution in [3.05, 3.63) is 11.6 Å². The largest absolute Gasteiger partial charge is 0.462 e. The van der Waals surface area contributed by atoms with Crippen LogP contribution in [-0.2, 0) is 9.53 Å². The summed E-state index contributed by atoms with van der Waals surface area (Å²) >= 11 is 0. The van der Waals surface area contributed by atoms with Crippen LogP contribution in [0.1, 0.15) is 46.0 Å². The third kappa shape index (κ3) is 1.74. The average Bonchev–Trinajstić information content (AvgIpc) is 2.77. The van der Waals surface area contributed by atoms with E-state index in [0.717, 1.165) is 37.7 Å². The summed E-state index contributed by atoms with van der Waals surface area (Å²) in [5, 5.41) is 21.1. The molecule has 0 unspecified atom stereocenters. The predicted molar refractivity (Wildman–Crippen MR) is 80.8 cm³/mol. The third-order valence-corrected chi connectivity index (χ3v) is 7.51. The number of ether oxygens (including phenoxy) is 1. The fourth-order valence-corrected chi connectivity index (χ4v) is 6.20. The molecule has 2 N–H and O–H groups in total. The van der Waals surface area contributed by atoms with Crippen LogP contribution in [0.25, 0.3) is 0 Å². The summed E-state index contributed by atoms with van der Waals surface area (Å²) in [6, 6.07) is 0. The molecule has 3 saturated carbocycles. The number of hydrogen-bond donors (Lipinski definition) is 2. The van der Waals surface area contributed by atoms with Crippen molar-refractivity contribution in [1.29, 1.82) is 0 Å². The van der Waals surface area contributed by atoms with Crippen LogP contribution >= 0.6 is 0 Å². The molecule has 0 aromatic heterocycles. The Labute approximate surface area is 131 Å². The van der Waals surface area contributed by atoms with E-state index in [2.05, 4.69) is 13.8 Å². The highest BCUT2D eigenvalue weighted by molar-refractivity contribution is 5.84. The number of carbonyl (C=O) groups is 1. The average molecular weight is 306 g/mol. The smallest absolute Gasteiger partial charge is 0.330 e. The van der Waals surface area contributed by atoms with Crippen molar-refractivity contribution in [3.63, 3.8) is 0 Å². The number of carbonyl (C=O) groups excluding carboxylic acids is 1. The molecule has 4 heteroatoms. The number of hydrogen-bond acceptors (Lipinski definition) is 4. The Hall–Kier alpha value is -0.870. The fourth-order valence-electron chi connectivity index (χ4n) is 6.20. The normalized spacial score (nSPS) is 53.9. The maximum Gasteiger partial charge on any atom is 0.330 e. The van der Waals surface area contributed by atoms with Crippen LogP contribution in [0.5, 0.6) is 0 Å².